The molecule has 1 atom stereocenters. The van der Waals surface area contributed by atoms with Crippen molar-refractivity contribution in [3.05, 3.63) is 52.8 Å². The van der Waals surface area contributed by atoms with Crippen LogP contribution in [0.25, 0.3) is 10.2 Å². The average Bonchev–Trinajstić information content (AvgIpc) is 3.19. The van der Waals surface area contributed by atoms with Gasteiger partial charge in [-0.05, 0) is 42.7 Å². The fourth-order valence-corrected chi connectivity index (χ4v) is 5.66. The minimum atomic E-state index is -4.76. The number of anilines is 1. The van der Waals surface area contributed by atoms with Crippen LogP contribution in [0.5, 0.6) is 5.75 Å². The highest BCUT2D eigenvalue weighted by Gasteiger charge is 2.35. The number of piperazine rings is 1. The molecule has 4 rings (SSSR count). The molecular weight excluding hydrogens is 498 g/mol. The van der Waals surface area contributed by atoms with E-state index in [-0.39, 0.29) is 11.6 Å². The SMILES string of the molecule is CCC[C@@H]1CN(Cc2cc(C)cc(OCC(=O)O)c2)CCN1c1nc2cc(F)c(C(F)(F)F)cc2s1. The predicted octanol–water partition coefficient (Wildman–Crippen LogP) is 5.72. The van der Waals surface area contributed by atoms with E-state index >= 15 is 0 Å². The van der Waals surface area contributed by atoms with Crippen molar-refractivity contribution < 1.29 is 32.2 Å². The van der Waals surface area contributed by atoms with Crippen LogP contribution in [0.3, 0.4) is 0 Å². The van der Waals surface area contributed by atoms with Crippen LogP contribution in [-0.4, -0.2) is 53.2 Å². The van der Waals surface area contributed by atoms with Gasteiger partial charge in [-0.25, -0.2) is 14.2 Å². The Morgan fingerprint density at radius 3 is 2.69 bits per heavy atom. The highest BCUT2D eigenvalue weighted by molar-refractivity contribution is 7.22. The number of aromatic nitrogens is 1. The van der Waals surface area contributed by atoms with Crippen LogP contribution in [0.15, 0.2) is 30.3 Å². The van der Waals surface area contributed by atoms with Crippen LogP contribution in [0.1, 0.15) is 36.5 Å². The van der Waals surface area contributed by atoms with Crippen LogP contribution in [-0.2, 0) is 17.5 Å². The van der Waals surface area contributed by atoms with Crippen molar-refractivity contribution in [2.75, 3.05) is 31.1 Å². The van der Waals surface area contributed by atoms with E-state index in [1.165, 1.54) is 0 Å². The molecule has 0 bridgehead atoms. The third-order valence-corrected chi connectivity index (χ3v) is 7.14. The van der Waals surface area contributed by atoms with Crippen LogP contribution < -0.4 is 9.64 Å². The number of rotatable bonds is 8. The summed E-state index contributed by atoms with van der Waals surface area (Å²) in [6.45, 7) is 6.31. The summed E-state index contributed by atoms with van der Waals surface area (Å²) in [6.07, 6.45) is -2.97. The summed E-state index contributed by atoms with van der Waals surface area (Å²) in [6, 6.07) is 7.49. The van der Waals surface area contributed by atoms with Crippen molar-refractivity contribution in [3.8, 4) is 5.75 Å². The molecule has 3 aromatic rings. The molecule has 2 heterocycles. The summed E-state index contributed by atoms with van der Waals surface area (Å²) in [5.41, 5.74) is 0.933. The highest BCUT2D eigenvalue weighted by atomic mass is 32.1. The quantitative estimate of drug-likeness (QED) is 0.380. The van der Waals surface area contributed by atoms with E-state index in [1.54, 1.807) is 6.07 Å². The zero-order chi connectivity index (χ0) is 26.0. The number of fused-ring (bicyclic) bond motifs is 1. The molecule has 1 aromatic heterocycles. The zero-order valence-electron chi connectivity index (χ0n) is 19.9. The predicted molar refractivity (Wildman–Crippen MR) is 130 cm³/mol. The summed E-state index contributed by atoms with van der Waals surface area (Å²) in [7, 11) is 0. The molecule has 2 aromatic carbocycles. The molecule has 1 fully saturated rings. The molecule has 0 aliphatic carbocycles. The van der Waals surface area contributed by atoms with Crippen LogP contribution >= 0.6 is 11.3 Å². The number of ether oxygens (including phenoxy) is 1. The first-order valence-electron chi connectivity index (χ1n) is 11.6. The molecule has 0 spiro atoms. The molecule has 1 saturated heterocycles. The average molecular weight is 526 g/mol. The highest BCUT2D eigenvalue weighted by Crippen LogP contribution is 2.38. The molecule has 1 N–H and O–H groups in total. The molecule has 0 radical (unpaired) electrons. The van der Waals surface area contributed by atoms with E-state index in [9.17, 15) is 22.4 Å². The Balaban J connectivity index is 1.51. The van der Waals surface area contributed by atoms with Crippen LogP contribution in [0, 0.1) is 12.7 Å². The van der Waals surface area contributed by atoms with E-state index in [0.717, 1.165) is 54.0 Å². The van der Waals surface area contributed by atoms with E-state index in [2.05, 4.69) is 21.7 Å². The molecule has 6 nitrogen and oxygen atoms in total. The summed E-state index contributed by atoms with van der Waals surface area (Å²) in [5, 5.41) is 9.47. The van der Waals surface area contributed by atoms with Gasteiger partial charge in [-0.1, -0.05) is 30.7 Å². The number of hydrogen-bond donors (Lipinski definition) is 1. The van der Waals surface area contributed by atoms with Gasteiger partial charge in [0, 0.05) is 38.3 Å². The molecule has 1 aliphatic rings. The first-order valence-corrected chi connectivity index (χ1v) is 12.5. The second kappa shape index (κ2) is 10.6. The first kappa shape index (κ1) is 26.2. The molecular formula is C25H27F4N3O3S. The van der Waals surface area contributed by atoms with Gasteiger partial charge in [0.1, 0.15) is 11.6 Å². The Morgan fingerprint density at radius 2 is 2.00 bits per heavy atom. The topological polar surface area (TPSA) is 65.9 Å². The summed E-state index contributed by atoms with van der Waals surface area (Å²) >= 11 is 1.15. The maximum atomic E-state index is 14.1. The molecule has 36 heavy (non-hydrogen) atoms. The number of alkyl halides is 3. The van der Waals surface area contributed by atoms with E-state index in [1.807, 2.05) is 19.1 Å². The fraction of sp³-hybridized carbons (Fsp3) is 0.440. The Labute approximate surface area is 210 Å². The number of carboxylic acids is 1. The summed E-state index contributed by atoms with van der Waals surface area (Å²) in [4.78, 5) is 19.7. The Kier molecular flexibility index (Phi) is 7.70. The lowest BCUT2D eigenvalue weighted by Gasteiger charge is -2.41. The Hall–Kier alpha value is -2.92. The number of aliphatic carboxylic acids is 1. The van der Waals surface area contributed by atoms with Gasteiger partial charge in [0.05, 0.1) is 15.8 Å². The van der Waals surface area contributed by atoms with Gasteiger partial charge in [-0.2, -0.15) is 13.2 Å². The zero-order valence-corrected chi connectivity index (χ0v) is 20.8. The minimum absolute atomic E-state index is 0.101. The van der Waals surface area contributed by atoms with Gasteiger partial charge >= 0.3 is 12.1 Å². The Morgan fingerprint density at radius 1 is 1.22 bits per heavy atom. The fourth-order valence-electron chi connectivity index (χ4n) is 4.57. The van der Waals surface area contributed by atoms with Gasteiger partial charge in [0.15, 0.2) is 11.7 Å². The minimum Gasteiger partial charge on any atom is -0.482 e. The molecule has 0 amide bonds. The molecule has 1 aliphatic heterocycles. The van der Waals surface area contributed by atoms with Gasteiger partial charge in [0.2, 0.25) is 0 Å². The monoisotopic (exact) mass is 525 g/mol. The van der Waals surface area contributed by atoms with E-state index < -0.39 is 30.1 Å². The maximum absolute atomic E-state index is 14.1. The van der Waals surface area contributed by atoms with Crippen molar-refractivity contribution in [2.45, 2.75) is 45.5 Å². The maximum Gasteiger partial charge on any atom is 0.419 e. The molecule has 0 unspecified atom stereocenters. The van der Waals surface area contributed by atoms with Gasteiger partial charge < -0.3 is 14.7 Å². The van der Waals surface area contributed by atoms with Gasteiger partial charge in [-0.15, -0.1) is 0 Å². The van der Waals surface area contributed by atoms with Gasteiger partial charge in [-0.3, -0.25) is 4.90 Å². The van der Waals surface area contributed by atoms with Crippen LogP contribution in [0.4, 0.5) is 22.7 Å². The number of halogens is 4. The Bertz CT molecular complexity index is 1250. The molecule has 11 heteroatoms. The van der Waals surface area contributed by atoms with E-state index in [0.29, 0.717) is 35.2 Å². The van der Waals surface area contributed by atoms with Crippen molar-refractivity contribution in [1.29, 1.82) is 0 Å². The first-order chi connectivity index (χ1) is 17.0. The normalized spacial score (nSPS) is 17.1. The number of nitrogens with zero attached hydrogens (tertiary/aromatic N) is 3. The lowest BCUT2D eigenvalue weighted by atomic mass is 10.1. The van der Waals surface area contributed by atoms with Crippen molar-refractivity contribution in [1.82, 2.24) is 9.88 Å². The third kappa shape index (κ3) is 6.07. The number of carboxylic acid groups (broad SMARTS) is 1. The van der Waals surface area contributed by atoms with Crippen molar-refractivity contribution >= 4 is 32.7 Å². The third-order valence-electron chi connectivity index (χ3n) is 6.08. The second-order valence-electron chi connectivity index (χ2n) is 9.00. The van der Waals surface area contributed by atoms with E-state index in [4.69, 9.17) is 9.84 Å². The number of hydrogen-bond acceptors (Lipinski definition) is 6. The largest absolute Gasteiger partial charge is 0.482 e. The standard InChI is InChI=1S/C25H27F4N3O3S/c1-3-4-17-13-31(12-16-7-15(2)8-18(9-16)35-14-23(33)34)5-6-32(17)24-30-21-11-20(26)19(25(27,28)29)10-22(21)36-24/h7-11,17H,3-6,12-14H2,1-2H3,(H,33,34)/t17-/m1/s1. The van der Waals surface area contributed by atoms with Crippen molar-refractivity contribution in [3.63, 3.8) is 0 Å². The van der Waals surface area contributed by atoms with Crippen LogP contribution in [0.2, 0.25) is 0 Å². The summed E-state index contributed by atoms with van der Waals surface area (Å²) < 4.78 is 59.1. The van der Waals surface area contributed by atoms with Gasteiger partial charge in [0.25, 0.3) is 0 Å². The molecule has 194 valence electrons. The number of thiazole rings is 1. The molecule has 0 saturated carbocycles. The number of carbonyl (C=O) groups is 1. The lowest BCUT2D eigenvalue weighted by molar-refractivity contribution is -0.140. The summed E-state index contributed by atoms with van der Waals surface area (Å²) in [5.74, 6) is -1.84. The lowest BCUT2D eigenvalue weighted by Crippen LogP contribution is -2.52. The second-order valence-corrected chi connectivity index (χ2v) is 10.0. The van der Waals surface area contributed by atoms with Crippen molar-refractivity contribution in [2.24, 2.45) is 0 Å². The number of benzene rings is 2. The smallest absolute Gasteiger partial charge is 0.419 e. The number of aryl methyl sites for hydroxylation is 1.